The van der Waals surface area contributed by atoms with Gasteiger partial charge >= 0.3 is 5.97 Å². The third-order valence-corrected chi connectivity index (χ3v) is 7.13. The fourth-order valence-corrected chi connectivity index (χ4v) is 4.59. The standard InChI is InChI=1S/C30H38Cl3N5O6/c1-5-21-8-6-9-23(35-21)20-11-13-22(14-12-20)43-16-25(39)36-26(18(2)3)27(40)34-19(4)28(41)38-15-7-10-24(37-38)29(42)44-17-30(31,32)33/h6,8-9,11-14,18-19,24,26,37H,5,7,10,15-17H2,1-4H3,(H,34,40)(H,36,39). The number of amides is 3. The number of carbonyl (C=O) groups is 4. The number of nitrogens with zero attached hydrogens (tertiary/aromatic N) is 2. The normalized spacial score (nSPS) is 16.5. The second-order valence-electron chi connectivity index (χ2n) is 10.7. The van der Waals surface area contributed by atoms with E-state index in [2.05, 4.69) is 21.0 Å². The Labute approximate surface area is 272 Å². The van der Waals surface area contributed by atoms with Crippen molar-refractivity contribution in [2.45, 2.75) is 68.9 Å². The third-order valence-electron chi connectivity index (χ3n) is 6.80. The number of aryl methyl sites for hydroxylation is 1. The lowest BCUT2D eigenvalue weighted by Gasteiger charge is -2.34. The first-order valence-corrected chi connectivity index (χ1v) is 15.5. The Bertz CT molecular complexity index is 1300. The van der Waals surface area contributed by atoms with Gasteiger partial charge in [0.15, 0.2) is 6.61 Å². The first-order chi connectivity index (χ1) is 20.8. The summed E-state index contributed by atoms with van der Waals surface area (Å²) in [6.45, 7) is 6.70. The smallest absolute Gasteiger partial charge is 0.325 e. The van der Waals surface area contributed by atoms with Crippen molar-refractivity contribution in [2.75, 3.05) is 19.8 Å². The summed E-state index contributed by atoms with van der Waals surface area (Å²) in [5.74, 6) is -1.94. The van der Waals surface area contributed by atoms with E-state index in [9.17, 15) is 19.2 Å². The van der Waals surface area contributed by atoms with Crippen LogP contribution in [0.3, 0.4) is 0 Å². The van der Waals surface area contributed by atoms with Crippen LogP contribution in [0.1, 0.15) is 46.2 Å². The van der Waals surface area contributed by atoms with Crippen LogP contribution in [-0.2, 0) is 30.3 Å². The topological polar surface area (TPSA) is 139 Å². The predicted molar refractivity (Wildman–Crippen MR) is 168 cm³/mol. The molecule has 3 rings (SSSR count). The quantitative estimate of drug-likeness (QED) is 0.229. The molecule has 0 radical (unpaired) electrons. The van der Waals surface area contributed by atoms with Gasteiger partial charge in [-0.05, 0) is 68.5 Å². The molecular formula is C30H38Cl3N5O6. The number of benzene rings is 1. The van der Waals surface area contributed by atoms with Crippen molar-refractivity contribution in [1.29, 1.82) is 0 Å². The van der Waals surface area contributed by atoms with E-state index in [0.29, 0.717) is 25.1 Å². The van der Waals surface area contributed by atoms with Gasteiger partial charge in [-0.1, -0.05) is 61.6 Å². The van der Waals surface area contributed by atoms with E-state index in [1.807, 2.05) is 37.3 Å². The SMILES string of the molecule is CCc1cccc(-c2ccc(OCC(=O)NC(C(=O)NC(C)C(=O)N3CCCC(C(=O)OCC(Cl)(Cl)Cl)N3)C(C)C)cc2)n1. The zero-order valence-corrected chi connectivity index (χ0v) is 27.3. The van der Waals surface area contributed by atoms with Crippen molar-refractivity contribution in [1.82, 2.24) is 26.1 Å². The van der Waals surface area contributed by atoms with Gasteiger partial charge in [-0.2, -0.15) is 0 Å². The van der Waals surface area contributed by atoms with Crippen LogP contribution in [0, 0.1) is 5.92 Å². The molecule has 3 amide bonds. The Morgan fingerprint density at radius 2 is 1.77 bits per heavy atom. The number of hydrogen-bond donors (Lipinski definition) is 3. The average molecular weight is 671 g/mol. The summed E-state index contributed by atoms with van der Waals surface area (Å²) in [5.41, 5.74) is 5.59. The molecule has 240 valence electrons. The maximum atomic E-state index is 13.1. The number of pyridine rings is 1. The molecule has 1 saturated heterocycles. The van der Waals surface area contributed by atoms with Crippen molar-refractivity contribution >= 4 is 58.5 Å². The summed E-state index contributed by atoms with van der Waals surface area (Å²) in [6.07, 6.45) is 1.77. The van der Waals surface area contributed by atoms with Gasteiger partial charge in [-0.25, -0.2) is 5.43 Å². The molecule has 1 aliphatic heterocycles. The van der Waals surface area contributed by atoms with Crippen LogP contribution >= 0.6 is 34.8 Å². The monoisotopic (exact) mass is 669 g/mol. The Balaban J connectivity index is 1.50. The fraction of sp³-hybridized carbons (Fsp3) is 0.500. The fourth-order valence-electron chi connectivity index (χ4n) is 4.43. The molecule has 1 aromatic carbocycles. The number of ether oxygens (including phenoxy) is 2. The predicted octanol–water partition coefficient (Wildman–Crippen LogP) is 3.74. The highest BCUT2D eigenvalue weighted by atomic mass is 35.6. The van der Waals surface area contributed by atoms with Crippen LogP contribution in [0.15, 0.2) is 42.5 Å². The number of halogens is 3. The Hall–Kier alpha value is -3.12. The van der Waals surface area contributed by atoms with Crippen molar-refractivity contribution in [3.05, 3.63) is 48.2 Å². The minimum atomic E-state index is -1.75. The van der Waals surface area contributed by atoms with Gasteiger partial charge in [0.25, 0.3) is 11.8 Å². The number of esters is 1. The zero-order valence-electron chi connectivity index (χ0n) is 25.1. The molecule has 1 fully saturated rings. The van der Waals surface area contributed by atoms with Gasteiger partial charge in [-0.15, -0.1) is 0 Å². The molecular weight excluding hydrogens is 633 g/mol. The first kappa shape index (κ1) is 35.4. The van der Waals surface area contributed by atoms with Crippen LogP contribution in [0.25, 0.3) is 11.3 Å². The molecule has 14 heteroatoms. The molecule has 44 heavy (non-hydrogen) atoms. The molecule has 11 nitrogen and oxygen atoms in total. The van der Waals surface area contributed by atoms with E-state index in [1.54, 1.807) is 26.0 Å². The number of alkyl halides is 3. The number of hydrogen-bond acceptors (Lipinski definition) is 8. The number of hydrazine groups is 1. The van der Waals surface area contributed by atoms with Gasteiger partial charge in [-0.3, -0.25) is 29.2 Å². The molecule has 0 bridgehead atoms. The van der Waals surface area contributed by atoms with Crippen molar-refractivity contribution in [3.63, 3.8) is 0 Å². The summed E-state index contributed by atoms with van der Waals surface area (Å²) in [4.78, 5) is 55.8. The second-order valence-corrected chi connectivity index (χ2v) is 13.3. The van der Waals surface area contributed by atoms with Crippen molar-refractivity contribution < 1.29 is 28.7 Å². The van der Waals surface area contributed by atoms with Crippen LogP contribution in [0.5, 0.6) is 5.75 Å². The van der Waals surface area contributed by atoms with Crippen LogP contribution < -0.4 is 20.8 Å². The maximum absolute atomic E-state index is 13.1. The summed E-state index contributed by atoms with van der Waals surface area (Å²) in [5, 5.41) is 6.60. The lowest BCUT2D eigenvalue weighted by Crippen LogP contribution is -2.61. The molecule has 1 aliphatic rings. The van der Waals surface area contributed by atoms with Crippen LogP contribution in [0.2, 0.25) is 0 Å². The maximum Gasteiger partial charge on any atom is 0.325 e. The lowest BCUT2D eigenvalue weighted by molar-refractivity contribution is -0.152. The largest absolute Gasteiger partial charge is 0.484 e. The van der Waals surface area contributed by atoms with E-state index in [0.717, 1.165) is 23.4 Å². The van der Waals surface area contributed by atoms with E-state index >= 15 is 0 Å². The Kier molecular flexibility index (Phi) is 13.1. The number of carbonyl (C=O) groups excluding carboxylic acids is 4. The lowest BCUT2D eigenvalue weighted by atomic mass is 10.0. The molecule has 3 N–H and O–H groups in total. The van der Waals surface area contributed by atoms with Crippen molar-refractivity contribution in [2.24, 2.45) is 5.92 Å². The molecule has 2 aromatic rings. The minimum absolute atomic E-state index is 0.280. The summed E-state index contributed by atoms with van der Waals surface area (Å²) >= 11 is 16.9. The molecule has 3 atom stereocenters. The van der Waals surface area contributed by atoms with E-state index in [1.165, 1.54) is 11.9 Å². The van der Waals surface area contributed by atoms with Gasteiger partial charge in [0.05, 0.1) is 5.69 Å². The number of nitrogens with one attached hydrogen (secondary N) is 3. The number of aromatic nitrogens is 1. The van der Waals surface area contributed by atoms with Gasteiger partial charge < -0.3 is 20.1 Å². The highest BCUT2D eigenvalue weighted by Gasteiger charge is 2.34. The van der Waals surface area contributed by atoms with Gasteiger partial charge in [0.2, 0.25) is 9.70 Å². The Morgan fingerprint density at radius 3 is 2.41 bits per heavy atom. The van der Waals surface area contributed by atoms with Crippen molar-refractivity contribution in [3.8, 4) is 17.0 Å². The van der Waals surface area contributed by atoms with E-state index in [-0.39, 0.29) is 12.5 Å². The van der Waals surface area contributed by atoms with Crippen LogP contribution in [-0.4, -0.2) is 75.4 Å². The highest BCUT2D eigenvalue weighted by Crippen LogP contribution is 2.26. The van der Waals surface area contributed by atoms with Gasteiger partial charge in [0, 0.05) is 17.8 Å². The average Bonchev–Trinajstić information content (AvgIpc) is 3.00. The van der Waals surface area contributed by atoms with Crippen LogP contribution in [0.4, 0.5) is 0 Å². The highest BCUT2D eigenvalue weighted by molar-refractivity contribution is 6.67. The molecule has 3 unspecified atom stereocenters. The summed E-state index contributed by atoms with van der Waals surface area (Å²) < 4.78 is 8.90. The molecule has 0 saturated carbocycles. The molecule has 0 aliphatic carbocycles. The van der Waals surface area contributed by atoms with E-state index < -0.39 is 52.2 Å². The second kappa shape index (κ2) is 16.3. The third kappa shape index (κ3) is 10.8. The Morgan fingerprint density at radius 1 is 1.07 bits per heavy atom. The number of rotatable bonds is 12. The molecule has 2 heterocycles. The molecule has 0 spiro atoms. The summed E-state index contributed by atoms with van der Waals surface area (Å²) in [6, 6.07) is 10.4. The first-order valence-electron chi connectivity index (χ1n) is 14.4. The summed E-state index contributed by atoms with van der Waals surface area (Å²) in [7, 11) is 0. The van der Waals surface area contributed by atoms with E-state index in [4.69, 9.17) is 44.3 Å². The zero-order chi connectivity index (χ0) is 32.4. The molecule has 1 aromatic heterocycles. The minimum Gasteiger partial charge on any atom is -0.484 e. The van der Waals surface area contributed by atoms with Gasteiger partial charge in [0.1, 0.15) is 30.5 Å².